The van der Waals surface area contributed by atoms with Gasteiger partial charge in [0, 0.05) is 6.07 Å². The van der Waals surface area contributed by atoms with Crippen molar-refractivity contribution < 1.29 is 19.2 Å². The molecule has 4 atom stereocenters. The van der Waals surface area contributed by atoms with E-state index in [1.54, 1.807) is 32.9 Å². The molecule has 0 spiro atoms. The predicted octanol–water partition coefficient (Wildman–Crippen LogP) is 2.04. The van der Waals surface area contributed by atoms with Crippen LogP contribution in [0.3, 0.4) is 0 Å². The largest absolute Gasteiger partial charge is 0.362 e. The van der Waals surface area contributed by atoms with Crippen LogP contribution in [0, 0.1) is 35.8 Å². The maximum absolute atomic E-state index is 12.9. The SMILES string of the molecule is Cc1cc(N2C(=O)[C@@H]3[C@@H]4C=C[C@](C)(O4)[C@@H]3C2=O)c([N+](=O)[O-])cc1C. The molecule has 3 aliphatic rings. The minimum absolute atomic E-state index is 0.0514. The quantitative estimate of drug-likeness (QED) is 0.359. The Morgan fingerprint density at radius 2 is 1.88 bits per heavy atom. The van der Waals surface area contributed by atoms with E-state index < -0.39 is 40.3 Å². The lowest BCUT2D eigenvalue weighted by Gasteiger charge is -2.24. The van der Waals surface area contributed by atoms with Gasteiger partial charge in [0.1, 0.15) is 5.69 Å². The first-order valence-electron chi connectivity index (χ1n) is 7.75. The number of anilines is 1. The van der Waals surface area contributed by atoms with Gasteiger partial charge in [-0.05, 0) is 38.0 Å². The number of aryl methyl sites for hydroxylation is 2. The van der Waals surface area contributed by atoms with Crippen molar-refractivity contribution in [3.05, 3.63) is 45.5 Å². The van der Waals surface area contributed by atoms with Crippen molar-refractivity contribution in [2.45, 2.75) is 32.5 Å². The molecule has 2 amide bonds. The van der Waals surface area contributed by atoms with E-state index in [0.717, 1.165) is 16.0 Å². The van der Waals surface area contributed by atoms with E-state index in [0.29, 0.717) is 0 Å². The third kappa shape index (κ3) is 1.70. The number of benzene rings is 1. The van der Waals surface area contributed by atoms with Crippen LogP contribution in [-0.2, 0) is 14.3 Å². The van der Waals surface area contributed by atoms with Gasteiger partial charge in [0.25, 0.3) is 5.69 Å². The predicted molar refractivity (Wildman–Crippen MR) is 84.5 cm³/mol. The molecular weight excluding hydrogens is 312 g/mol. The standard InChI is InChI=1S/C17H16N2O5/c1-8-6-10(11(19(22)23)7-9(8)2)18-15(20)13-12-4-5-17(3,24-12)14(13)16(18)21/h4-7,12-14H,1-3H3/t12-,13+,14-,17-/m0/s1. The van der Waals surface area contributed by atoms with Gasteiger partial charge in [-0.3, -0.25) is 19.7 Å². The van der Waals surface area contributed by atoms with Crippen LogP contribution in [0.4, 0.5) is 11.4 Å². The van der Waals surface area contributed by atoms with E-state index in [4.69, 9.17) is 4.74 Å². The molecule has 0 aromatic heterocycles. The van der Waals surface area contributed by atoms with Gasteiger partial charge < -0.3 is 4.74 Å². The number of rotatable bonds is 2. The summed E-state index contributed by atoms with van der Waals surface area (Å²) < 4.78 is 5.76. The molecule has 2 saturated heterocycles. The number of nitrogens with zero attached hydrogens (tertiary/aromatic N) is 2. The second kappa shape index (κ2) is 4.51. The van der Waals surface area contributed by atoms with Crippen LogP contribution < -0.4 is 4.90 Å². The monoisotopic (exact) mass is 328 g/mol. The number of nitro benzene ring substituents is 1. The zero-order chi connectivity index (χ0) is 17.4. The third-order valence-corrected chi connectivity index (χ3v) is 5.36. The number of amides is 2. The van der Waals surface area contributed by atoms with Crippen molar-refractivity contribution in [1.82, 2.24) is 0 Å². The minimum atomic E-state index is -0.814. The van der Waals surface area contributed by atoms with Crippen LogP contribution in [0.2, 0.25) is 0 Å². The van der Waals surface area contributed by atoms with Crippen LogP contribution in [0.5, 0.6) is 0 Å². The third-order valence-electron chi connectivity index (χ3n) is 5.36. The number of carbonyl (C=O) groups excluding carboxylic acids is 2. The number of imide groups is 1. The first-order valence-corrected chi connectivity index (χ1v) is 7.75. The molecule has 0 N–H and O–H groups in total. The molecule has 2 fully saturated rings. The van der Waals surface area contributed by atoms with Gasteiger partial charge in [-0.15, -0.1) is 0 Å². The summed E-state index contributed by atoms with van der Waals surface area (Å²) >= 11 is 0. The lowest BCUT2D eigenvalue weighted by Crippen LogP contribution is -2.38. The summed E-state index contributed by atoms with van der Waals surface area (Å²) in [6.45, 7) is 5.33. The Hall–Kier alpha value is -2.54. The van der Waals surface area contributed by atoms with Crippen LogP contribution >= 0.6 is 0 Å². The van der Waals surface area contributed by atoms with E-state index in [-0.39, 0.29) is 11.4 Å². The van der Waals surface area contributed by atoms with E-state index >= 15 is 0 Å². The van der Waals surface area contributed by atoms with Crippen LogP contribution in [0.25, 0.3) is 0 Å². The Bertz CT molecular complexity index is 846. The van der Waals surface area contributed by atoms with Gasteiger partial charge in [0.2, 0.25) is 11.8 Å². The van der Waals surface area contributed by atoms with Gasteiger partial charge in [0.15, 0.2) is 0 Å². The molecule has 0 aliphatic carbocycles. The number of fused-ring (bicyclic) bond motifs is 5. The lowest BCUT2D eigenvalue weighted by atomic mass is 9.78. The fraction of sp³-hybridized carbons (Fsp3) is 0.412. The molecule has 1 aromatic rings. The van der Waals surface area contributed by atoms with Gasteiger partial charge in [-0.25, -0.2) is 4.90 Å². The Labute approximate surface area is 138 Å². The highest BCUT2D eigenvalue weighted by Gasteiger charge is 2.66. The van der Waals surface area contributed by atoms with Crippen LogP contribution in [-0.4, -0.2) is 28.4 Å². The van der Waals surface area contributed by atoms with Crippen molar-refractivity contribution in [3.63, 3.8) is 0 Å². The smallest absolute Gasteiger partial charge is 0.293 e. The van der Waals surface area contributed by atoms with Crippen molar-refractivity contribution in [3.8, 4) is 0 Å². The number of nitro groups is 1. The van der Waals surface area contributed by atoms with Gasteiger partial charge in [-0.1, -0.05) is 12.2 Å². The first kappa shape index (κ1) is 15.0. The summed E-state index contributed by atoms with van der Waals surface area (Å²) in [5.41, 5.74) is 0.533. The molecule has 124 valence electrons. The van der Waals surface area contributed by atoms with Crippen LogP contribution in [0.15, 0.2) is 24.3 Å². The summed E-state index contributed by atoms with van der Waals surface area (Å²) in [5.74, 6) is -2.07. The number of ether oxygens (including phenoxy) is 1. The van der Waals surface area contributed by atoms with E-state index in [2.05, 4.69) is 0 Å². The Kier molecular flexibility index (Phi) is 2.82. The molecule has 0 unspecified atom stereocenters. The second-order valence-electron chi connectivity index (χ2n) is 6.82. The maximum atomic E-state index is 12.9. The lowest BCUT2D eigenvalue weighted by molar-refractivity contribution is -0.384. The Morgan fingerprint density at radius 1 is 1.21 bits per heavy atom. The molecule has 3 aliphatic heterocycles. The summed E-state index contributed by atoms with van der Waals surface area (Å²) in [6.07, 6.45) is 3.17. The zero-order valence-electron chi connectivity index (χ0n) is 13.5. The number of hydrogen-bond donors (Lipinski definition) is 0. The van der Waals surface area contributed by atoms with Gasteiger partial charge >= 0.3 is 0 Å². The average Bonchev–Trinajstić information content (AvgIpc) is 3.11. The number of carbonyl (C=O) groups is 2. The van der Waals surface area contributed by atoms with Crippen molar-refractivity contribution in [2.75, 3.05) is 4.90 Å². The van der Waals surface area contributed by atoms with Crippen LogP contribution in [0.1, 0.15) is 18.1 Å². The molecule has 4 rings (SSSR count). The number of hydrogen-bond acceptors (Lipinski definition) is 5. The molecule has 2 bridgehead atoms. The minimum Gasteiger partial charge on any atom is -0.362 e. The van der Waals surface area contributed by atoms with Crippen molar-refractivity contribution in [2.24, 2.45) is 11.8 Å². The molecule has 1 aromatic carbocycles. The highest BCUT2D eigenvalue weighted by molar-refractivity contribution is 6.24. The summed E-state index contributed by atoms with van der Waals surface area (Å²) in [7, 11) is 0. The zero-order valence-corrected chi connectivity index (χ0v) is 13.5. The highest BCUT2D eigenvalue weighted by Crippen LogP contribution is 2.53. The maximum Gasteiger partial charge on any atom is 0.293 e. The first-order chi connectivity index (χ1) is 11.2. The fourth-order valence-corrected chi connectivity index (χ4v) is 4.00. The Morgan fingerprint density at radius 3 is 2.50 bits per heavy atom. The normalized spacial score (nSPS) is 33.5. The molecular formula is C17H16N2O5. The average molecular weight is 328 g/mol. The molecule has 3 heterocycles. The molecule has 0 saturated carbocycles. The van der Waals surface area contributed by atoms with Crippen molar-refractivity contribution >= 4 is 23.2 Å². The molecule has 0 radical (unpaired) electrons. The molecule has 7 heteroatoms. The summed E-state index contributed by atoms with van der Waals surface area (Å²) in [4.78, 5) is 37.7. The molecule has 24 heavy (non-hydrogen) atoms. The van der Waals surface area contributed by atoms with Crippen molar-refractivity contribution in [1.29, 1.82) is 0 Å². The van der Waals surface area contributed by atoms with E-state index in [1.807, 2.05) is 6.08 Å². The van der Waals surface area contributed by atoms with Gasteiger partial charge in [0.05, 0.1) is 28.5 Å². The van der Waals surface area contributed by atoms with E-state index in [1.165, 1.54) is 6.07 Å². The van der Waals surface area contributed by atoms with E-state index in [9.17, 15) is 19.7 Å². The summed E-state index contributed by atoms with van der Waals surface area (Å²) in [5, 5.41) is 11.4. The fourth-order valence-electron chi connectivity index (χ4n) is 4.00. The topological polar surface area (TPSA) is 89.8 Å². The summed E-state index contributed by atoms with van der Waals surface area (Å²) in [6, 6.07) is 2.95. The van der Waals surface area contributed by atoms with Gasteiger partial charge in [-0.2, -0.15) is 0 Å². The molecule has 7 nitrogen and oxygen atoms in total. The highest BCUT2D eigenvalue weighted by atomic mass is 16.6. The second-order valence-corrected chi connectivity index (χ2v) is 6.82. The Balaban J connectivity index is 1.85.